The molecule has 0 aromatic heterocycles. The van der Waals surface area contributed by atoms with Crippen LogP contribution < -0.4 is 20.1 Å². The van der Waals surface area contributed by atoms with Gasteiger partial charge in [0.05, 0.1) is 13.7 Å². The first-order chi connectivity index (χ1) is 9.72. The third-order valence-corrected chi connectivity index (χ3v) is 3.68. The average Bonchev–Trinajstić information content (AvgIpc) is 2.92. The largest absolute Gasteiger partial charge is 0.493 e. The van der Waals surface area contributed by atoms with Crippen molar-refractivity contribution in [2.45, 2.75) is 45.2 Å². The number of hydrogen-bond acceptors (Lipinski definition) is 4. The Kier molecular flexibility index (Phi) is 5.53. The fourth-order valence-electron chi connectivity index (χ4n) is 2.76. The predicted molar refractivity (Wildman–Crippen MR) is 82.9 cm³/mol. The van der Waals surface area contributed by atoms with Crippen LogP contribution in [0.1, 0.15) is 33.1 Å². The molecule has 0 radical (unpaired) electrons. The molecule has 1 heterocycles. The van der Waals surface area contributed by atoms with Gasteiger partial charge in [-0.25, -0.2) is 0 Å². The van der Waals surface area contributed by atoms with E-state index in [9.17, 15) is 0 Å². The lowest BCUT2D eigenvalue weighted by Crippen LogP contribution is -2.29. The first-order valence-electron chi connectivity index (χ1n) is 7.53. The summed E-state index contributed by atoms with van der Waals surface area (Å²) in [6.45, 7) is 6.01. The first kappa shape index (κ1) is 15.0. The minimum Gasteiger partial charge on any atom is -0.493 e. The Bertz CT molecular complexity index is 417. The lowest BCUT2D eigenvalue weighted by molar-refractivity contribution is 0.311. The number of methoxy groups -OCH3 is 1. The van der Waals surface area contributed by atoms with E-state index in [4.69, 9.17) is 9.47 Å². The molecule has 0 bridgehead atoms. The Balaban J connectivity index is 1.95. The predicted octanol–water partition coefficient (Wildman–Crippen LogP) is 3.04. The molecule has 2 rings (SSSR count). The lowest BCUT2D eigenvalue weighted by Gasteiger charge is -2.20. The van der Waals surface area contributed by atoms with Crippen molar-refractivity contribution in [2.75, 3.05) is 25.6 Å². The first-order valence-corrected chi connectivity index (χ1v) is 7.53. The Labute approximate surface area is 121 Å². The number of hydrogen-bond donors (Lipinski definition) is 2. The number of anilines is 1. The molecule has 2 N–H and O–H groups in total. The van der Waals surface area contributed by atoms with E-state index in [0.29, 0.717) is 18.7 Å². The second-order valence-corrected chi connectivity index (χ2v) is 5.37. The molecular weight excluding hydrogens is 252 g/mol. The van der Waals surface area contributed by atoms with Gasteiger partial charge in [-0.15, -0.1) is 0 Å². The third-order valence-electron chi connectivity index (χ3n) is 3.68. The van der Waals surface area contributed by atoms with Crippen LogP contribution in [0.2, 0.25) is 0 Å². The van der Waals surface area contributed by atoms with E-state index in [0.717, 1.165) is 30.2 Å². The van der Waals surface area contributed by atoms with E-state index < -0.39 is 0 Å². The standard InChI is InChI=1S/C16H26N2O2/c1-4-20-16-11-14(7-8-15(16)19-3)18-12(2)10-13-6-5-9-17-13/h7-8,11-13,17-18H,4-6,9-10H2,1-3H3. The van der Waals surface area contributed by atoms with Gasteiger partial charge in [-0.3, -0.25) is 0 Å². The van der Waals surface area contributed by atoms with Crippen LogP contribution in [-0.4, -0.2) is 32.3 Å². The summed E-state index contributed by atoms with van der Waals surface area (Å²) in [5.41, 5.74) is 1.08. The third kappa shape index (κ3) is 4.04. The number of nitrogens with one attached hydrogen (secondary N) is 2. The summed E-state index contributed by atoms with van der Waals surface area (Å²) in [5, 5.41) is 7.08. The van der Waals surface area contributed by atoms with Crippen molar-refractivity contribution in [1.82, 2.24) is 5.32 Å². The van der Waals surface area contributed by atoms with Crippen molar-refractivity contribution in [1.29, 1.82) is 0 Å². The van der Waals surface area contributed by atoms with Gasteiger partial charge >= 0.3 is 0 Å². The molecule has 112 valence electrons. The topological polar surface area (TPSA) is 42.5 Å². The summed E-state index contributed by atoms with van der Waals surface area (Å²) in [6.07, 6.45) is 3.74. The molecule has 0 spiro atoms. The summed E-state index contributed by atoms with van der Waals surface area (Å²) < 4.78 is 10.9. The molecule has 0 amide bonds. The van der Waals surface area contributed by atoms with Crippen molar-refractivity contribution in [3.05, 3.63) is 18.2 Å². The molecule has 1 aromatic rings. The summed E-state index contributed by atoms with van der Waals surface area (Å²) in [5.74, 6) is 1.58. The molecule has 2 unspecified atom stereocenters. The molecule has 2 atom stereocenters. The molecule has 1 aromatic carbocycles. The highest BCUT2D eigenvalue weighted by Gasteiger charge is 2.17. The number of ether oxygens (including phenoxy) is 2. The van der Waals surface area contributed by atoms with Gasteiger partial charge in [0.2, 0.25) is 0 Å². The minimum atomic E-state index is 0.438. The van der Waals surface area contributed by atoms with Gasteiger partial charge in [-0.1, -0.05) is 0 Å². The SMILES string of the molecule is CCOc1cc(NC(C)CC2CCCN2)ccc1OC. The Hall–Kier alpha value is -1.42. The van der Waals surface area contributed by atoms with E-state index >= 15 is 0 Å². The van der Waals surface area contributed by atoms with Crippen LogP contribution in [0.5, 0.6) is 11.5 Å². The zero-order valence-corrected chi connectivity index (χ0v) is 12.7. The average molecular weight is 278 g/mol. The highest BCUT2D eigenvalue weighted by molar-refractivity contribution is 5.55. The van der Waals surface area contributed by atoms with Crippen molar-refractivity contribution < 1.29 is 9.47 Å². The quantitative estimate of drug-likeness (QED) is 0.804. The van der Waals surface area contributed by atoms with Crippen LogP contribution in [-0.2, 0) is 0 Å². The summed E-state index contributed by atoms with van der Waals surface area (Å²) in [4.78, 5) is 0. The highest BCUT2D eigenvalue weighted by Crippen LogP contribution is 2.30. The molecule has 4 nitrogen and oxygen atoms in total. The van der Waals surface area contributed by atoms with Crippen LogP contribution in [0, 0.1) is 0 Å². The summed E-state index contributed by atoms with van der Waals surface area (Å²) in [6, 6.07) is 7.10. The van der Waals surface area contributed by atoms with Crippen LogP contribution in [0.25, 0.3) is 0 Å². The van der Waals surface area contributed by atoms with Crippen LogP contribution in [0.4, 0.5) is 5.69 Å². The van der Waals surface area contributed by atoms with E-state index in [1.165, 1.54) is 12.8 Å². The lowest BCUT2D eigenvalue weighted by atomic mass is 10.1. The van der Waals surface area contributed by atoms with Crippen molar-refractivity contribution in [2.24, 2.45) is 0 Å². The molecule has 1 saturated heterocycles. The van der Waals surface area contributed by atoms with Gasteiger partial charge in [0.25, 0.3) is 0 Å². The van der Waals surface area contributed by atoms with Gasteiger partial charge in [0.15, 0.2) is 11.5 Å². The fraction of sp³-hybridized carbons (Fsp3) is 0.625. The normalized spacial score (nSPS) is 19.6. The van der Waals surface area contributed by atoms with Crippen molar-refractivity contribution in [3.8, 4) is 11.5 Å². The van der Waals surface area contributed by atoms with E-state index in [1.54, 1.807) is 7.11 Å². The molecule has 1 aliphatic rings. The maximum absolute atomic E-state index is 5.61. The van der Waals surface area contributed by atoms with Gasteiger partial charge in [0, 0.05) is 23.8 Å². The monoisotopic (exact) mass is 278 g/mol. The smallest absolute Gasteiger partial charge is 0.163 e. The zero-order chi connectivity index (χ0) is 14.4. The Morgan fingerprint density at radius 3 is 2.90 bits per heavy atom. The maximum Gasteiger partial charge on any atom is 0.163 e. The number of benzene rings is 1. The molecule has 1 aliphatic heterocycles. The summed E-state index contributed by atoms with van der Waals surface area (Å²) >= 11 is 0. The van der Waals surface area contributed by atoms with Crippen LogP contribution in [0.15, 0.2) is 18.2 Å². The second kappa shape index (κ2) is 7.39. The zero-order valence-electron chi connectivity index (χ0n) is 12.7. The van der Waals surface area contributed by atoms with Gasteiger partial charge in [-0.2, -0.15) is 0 Å². The summed E-state index contributed by atoms with van der Waals surface area (Å²) in [7, 11) is 1.67. The van der Waals surface area contributed by atoms with Gasteiger partial charge in [0.1, 0.15) is 0 Å². The van der Waals surface area contributed by atoms with Crippen LogP contribution >= 0.6 is 0 Å². The maximum atomic E-state index is 5.61. The van der Waals surface area contributed by atoms with Gasteiger partial charge in [-0.05, 0) is 51.8 Å². The molecule has 4 heteroatoms. The molecule has 0 saturated carbocycles. The highest BCUT2D eigenvalue weighted by atomic mass is 16.5. The molecule has 20 heavy (non-hydrogen) atoms. The minimum absolute atomic E-state index is 0.438. The van der Waals surface area contributed by atoms with Crippen LogP contribution in [0.3, 0.4) is 0 Å². The molecule has 0 aliphatic carbocycles. The number of rotatable bonds is 7. The van der Waals surface area contributed by atoms with Gasteiger partial charge < -0.3 is 20.1 Å². The van der Waals surface area contributed by atoms with Crippen molar-refractivity contribution >= 4 is 5.69 Å². The molecule has 1 fully saturated rings. The van der Waals surface area contributed by atoms with E-state index in [1.807, 2.05) is 25.1 Å². The van der Waals surface area contributed by atoms with Crippen molar-refractivity contribution in [3.63, 3.8) is 0 Å². The fourth-order valence-corrected chi connectivity index (χ4v) is 2.76. The van der Waals surface area contributed by atoms with E-state index in [2.05, 4.69) is 17.6 Å². The second-order valence-electron chi connectivity index (χ2n) is 5.37. The van der Waals surface area contributed by atoms with E-state index in [-0.39, 0.29) is 0 Å². The molecular formula is C16H26N2O2. The Morgan fingerprint density at radius 2 is 2.25 bits per heavy atom. The Morgan fingerprint density at radius 1 is 1.40 bits per heavy atom.